The number of pyridine rings is 1. The van der Waals surface area contributed by atoms with Crippen LogP contribution in [0.4, 0.5) is 0 Å². The molecule has 0 radical (unpaired) electrons. The highest BCUT2D eigenvalue weighted by Gasteiger charge is 2.23. The first-order valence-corrected chi connectivity index (χ1v) is 10.3. The second-order valence-corrected chi connectivity index (χ2v) is 8.01. The van der Waals surface area contributed by atoms with E-state index in [1.807, 2.05) is 38.1 Å². The van der Waals surface area contributed by atoms with Crippen molar-refractivity contribution in [3.63, 3.8) is 0 Å². The van der Waals surface area contributed by atoms with Gasteiger partial charge in [0, 0.05) is 29.3 Å². The van der Waals surface area contributed by atoms with E-state index in [-0.39, 0.29) is 24.1 Å². The molecule has 0 unspecified atom stereocenters. The van der Waals surface area contributed by atoms with Crippen LogP contribution in [0.25, 0.3) is 0 Å². The number of ether oxygens (including phenoxy) is 1. The van der Waals surface area contributed by atoms with Gasteiger partial charge in [-0.1, -0.05) is 24.0 Å². The van der Waals surface area contributed by atoms with Crippen molar-refractivity contribution in [2.75, 3.05) is 6.61 Å². The van der Waals surface area contributed by atoms with Crippen molar-refractivity contribution in [1.29, 1.82) is 0 Å². The van der Waals surface area contributed by atoms with E-state index < -0.39 is 0 Å². The Hall–Kier alpha value is -3.00. The molecule has 2 aromatic rings. The van der Waals surface area contributed by atoms with E-state index in [1.54, 1.807) is 10.6 Å². The van der Waals surface area contributed by atoms with E-state index in [0.29, 0.717) is 17.7 Å². The highest BCUT2D eigenvalue weighted by atomic mass is 16.5. The Labute approximate surface area is 171 Å². The number of nitrogens with zero attached hydrogens (tertiary/aromatic N) is 1. The molecular formula is C24H26N2O3. The van der Waals surface area contributed by atoms with Crippen LogP contribution in [0, 0.1) is 24.7 Å². The van der Waals surface area contributed by atoms with Gasteiger partial charge in [-0.2, -0.15) is 0 Å². The number of hydrogen-bond donors (Lipinski definition) is 1. The summed E-state index contributed by atoms with van der Waals surface area (Å²) in [5.74, 6) is 7.33. The van der Waals surface area contributed by atoms with E-state index in [1.165, 1.54) is 18.9 Å². The van der Waals surface area contributed by atoms with Crippen molar-refractivity contribution in [3.8, 4) is 17.6 Å². The molecule has 0 saturated heterocycles. The fraction of sp³-hybridized carbons (Fsp3) is 0.417. The summed E-state index contributed by atoms with van der Waals surface area (Å²) in [5.41, 5.74) is 2.70. The molecule has 0 spiro atoms. The number of carbonyl (C=O) groups is 1. The fourth-order valence-corrected chi connectivity index (χ4v) is 3.31. The van der Waals surface area contributed by atoms with E-state index in [9.17, 15) is 9.59 Å². The zero-order valence-electron chi connectivity index (χ0n) is 16.9. The van der Waals surface area contributed by atoms with E-state index in [4.69, 9.17) is 4.74 Å². The summed E-state index contributed by atoms with van der Waals surface area (Å²) in [6, 6.07) is 11.5. The lowest BCUT2D eigenvalue weighted by atomic mass is 10.1. The largest absolute Gasteiger partial charge is 0.484 e. The van der Waals surface area contributed by atoms with Crippen molar-refractivity contribution in [2.45, 2.75) is 51.6 Å². The van der Waals surface area contributed by atoms with Gasteiger partial charge in [-0.15, -0.1) is 0 Å². The Morgan fingerprint density at radius 3 is 2.55 bits per heavy atom. The summed E-state index contributed by atoms with van der Waals surface area (Å²) in [5, 5.41) is 2.87. The van der Waals surface area contributed by atoms with Crippen LogP contribution in [0.5, 0.6) is 5.75 Å². The molecule has 5 heteroatoms. The van der Waals surface area contributed by atoms with E-state index in [2.05, 4.69) is 17.2 Å². The molecule has 0 bridgehead atoms. The molecule has 29 heavy (non-hydrogen) atoms. The summed E-state index contributed by atoms with van der Waals surface area (Å²) in [6.07, 6.45) is 4.50. The van der Waals surface area contributed by atoms with Gasteiger partial charge in [0.05, 0.1) is 6.04 Å². The highest BCUT2D eigenvalue weighted by Crippen LogP contribution is 2.27. The maximum Gasteiger partial charge on any atom is 0.258 e. The third kappa shape index (κ3) is 5.08. The third-order valence-corrected chi connectivity index (χ3v) is 5.33. The van der Waals surface area contributed by atoms with Crippen molar-refractivity contribution in [3.05, 3.63) is 63.6 Å². The molecule has 1 atom stereocenters. The lowest BCUT2D eigenvalue weighted by Gasteiger charge is -2.19. The Kier molecular flexibility index (Phi) is 5.44. The van der Waals surface area contributed by atoms with Gasteiger partial charge in [0.2, 0.25) is 0 Å². The molecule has 5 nitrogen and oxygen atoms in total. The maximum absolute atomic E-state index is 12.7. The van der Waals surface area contributed by atoms with Crippen LogP contribution in [0.3, 0.4) is 0 Å². The minimum absolute atomic E-state index is 0.0711. The first-order valence-electron chi connectivity index (χ1n) is 10.3. The highest BCUT2D eigenvalue weighted by molar-refractivity contribution is 5.78. The molecular weight excluding hydrogens is 364 g/mol. The maximum atomic E-state index is 12.7. The molecule has 1 heterocycles. The van der Waals surface area contributed by atoms with E-state index in [0.717, 1.165) is 29.7 Å². The number of rotatable bonds is 6. The SMILES string of the molecule is Cc1cc(OCC(=O)NC2CC2)cc(=O)n1[C@H](C)c1ccc(C#CC2CC2)cc1. The minimum Gasteiger partial charge on any atom is -0.484 e. The topological polar surface area (TPSA) is 60.3 Å². The van der Waals surface area contributed by atoms with Gasteiger partial charge in [-0.3, -0.25) is 9.59 Å². The number of benzene rings is 1. The molecule has 1 aromatic carbocycles. The molecule has 1 aromatic heterocycles. The molecule has 0 aliphatic heterocycles. The molecule has 1 amide bonds. The molecule has 2 aliphatic rings. The van der Waals surface area contributed by atoms with Crippen molar-refractivity contribution in [2.24, 2.45) is 5.92 Å². The lowest BCUT2D eigenvalue weighted by molar-refractivity contribution is -0.123. The third-order valence-electron chi connectivity index (χ3n) is 5.33. The predicted molar refractivity (Wildman–Crippen MR) is 112 cm³/mol. The van der Waals surface area contributed by atoms with Gasteiger partial charge in [-0.25, -0.2) is 0 Å². The lowest BCUT2D eigenvalue weighted by Crippen LogP contribution is -2.31. The van der Waals surface area contributed by atoms with Crippen molar-refractivity contribution in [1.82, 2.24) is 9.88 Å². The van der Waals surface area contributed by atoms with Crippen LogP contribution in [0.15, 0.2) is 41.2 Å². The molecule has 1 N–H and O–H groups in total. The number of aryl methyl sites for hydroxylation is 1. The second kappa shape index (κ2) is 8.16. The summed E-state index contributed by atoms with van der Waals surface area (Å²) in [6.45, 7) is 3.81. The van der Waals surface area contributed by atoms with E-state index >= 15 is 0 Å². The summed E-state index contributed by atoms with van der Waals surface area (Å²) < 4.78 is 7.26. The van der Waals surface area contributed by atoms with Crippen LogP contribution in [0.2, 0.25) is 0 Å². The Balaban J connectivity index is 1.44. The second-order valence-electron chi connectivity index (χ2n) is 8.01. The Bertz CT molecular complexity index is 1020. The normalized spacial score (nSPS) is 16.5. The molecule has 150 valence electrons. The monoisotopic (exact) mass is 390 g/mol. The summed E-state index contributed by atoms with van der Waals surface area (Å²) in [7, 11) is 0. The zero-order valence-corrected chi connectivity index (χ0v) is 16.9. The average molecular weight is 390 g/mol. The number of amides is 1. The van der Waals surface area contributed by atoms with Gasteiger partial charge >= 0.3 is 0 Å². The predicted octanol–water partition coefficient (Wildman–Crippen LogP) is 3.18. The smallest absolute Gasteiger partial charge is 0.258 e. The van der Waals surface area contributed by atoms with Crippen LogP contribution in [-0.4, -0.2) is 23.1 Å². The first-order chi connectivity index (χ1) is 14.0. The van der Waals surface area contributed by atoms with Crippen LogP contribution in [0.1, 0.15) is 55.5 Å². The van der Waals surface area contributed by atoms with Gasteiger partial charge in [0.15, 0.2) is 6.61 Å². The zero-order chi connectivity index (χ0) is 20.4. The standard InChI is InChI=1S/C24H26N2O3/c1-16-13-22(29-15-23(27)25-21-11-12-21)14-24(28)26(16)17(2)20-9-7-19(8-10-20)6-5-18-3-4-18/h7-10,13-14,17-18,21H,3-4,11-12,15H2,1-2H3,(H,25,27)/t17-/m1/s1. The quantitative estimate of drug-likeness (QED) is 0.771. The number of aromatic nitrogens is 1. The number of nitrogens with one attached hydrogen (secondary N) is 1. The molecule has 2 aliphatic carbocycles. The number of hydrogen-bond acceptors (Lipinski definition) is 3. The molecule has 2 fully saturated rings. The van der Waals surface area contributed by atoms with Gasteiger partial charge < -0.3 is 14.6 Å². The van der Waals surface area contributed by atoms with Crippen LogP contribution < -0.4 is 15.6 Å². The van der Waals surface area contributed by atoms with Gasteiger partial charge in [-0.05, 0) is 63.3 Å². The van der Waals surface area contributed by atoms with Gasteiger partial charge in [0.25, 0.3) is 11.5 Å². The van der Waals surface area contributed by atoms with Crippen LogP contribution >= 0.6 is 0 Å². The minimum atomic E-state index is -0.146. The fourth-order valence-electron chi connectivity index (χ4n) is 3.31. The van der Waals surface area contributed by atoms with Gasteiger partial charge in [0.1, 0.15) is 5.75 Å². The van der Waals surface area contributed by atoms with Crippen LogP contribution in [-0.2, 0) is 4.79 Å². The summed E-state index contributed by atoms with van der Waals surface area (Å²) >= 11 is 0. The average Bonchev–Trinajstić information content (AvgIpc) is 3.60. The van der Waals surface area contributed by atoms with Crippen molar-refractivity contribution < 1.29 is 9.53 Å². The van der Waals surface area contributed by atoms with Crippen molar-refractivity contribution >= 4 is 5.91 Å². The number of carbonyl (C=O) groups excluding carboxylic acids is 1. The molecule has 2 saturated carbocycles. The Morgan fingerprint density at radius 2 is 1.93 bits per heavy atom. The Morgan fingerprint density at radius 1 is 1.21 bits per heavy atom. The first kappa shape index (κ1) is 19.3. The molecule has 4 rings (SSSR count). The summed E-state index contributed by atoms with van der Waals surface area (Å²) in [4.78, 5) is 24.5.